The van der Waals surface area contributed by atoms with E-state index in [2.05, 4.69) is 5.32 Å². The van der Waals surface area contributed by atoms with E-state index in [1.807, 2.05) is 6.92 Å². The predicted molar refractivity (Wildman–Crippen MR) is 74.9 cm³/mol. The lowest BCUT2D eigenvalue weighted by Gasteiger charge is -2.44. The first-order valence-electron chi connectivity index (χ1n) is 7.01. The standard InChI is InChI=1S/C15H16N2O4/c1-2-21-11-6-4-10(5-7-11)17-13(19)15(8-3-9-15)12(18)16-14(17)20/h4-7H,2-3,8-9H2,1H3,(H,16,18,20). The second-order valence-electron chi connectivity index (χ2n) is 5.26. The number of imide groups is 2. The molecule has 110 valence electrons. The Morgan fingerprint density at radius 1 is 1.19 bits per heavy atom. The van der Waals surface area contributed by atoms with Gasteiger partial charge in [0, 0.05) is 0 Å². The van der Waals surface area contributed by atoms with Crippen molar-refractivity contribution in [2.24, 2.45) is 5.41 Å². The fourth-order valence-electron chi connectivity index (χ4n) is 2.74. The molecule has 4 amide bonds. The maximum absolute atomic E-state index is 12.6. The van der Waals surface area contributed by atoms with E-state index < -0.39 is 23.3 Å². The van der Waals surface area contributed by atoms with Crippen LogP contribution in [0, 0.1) is 5.41 Å². The highest BCUT2D eigenvalue weighted by molar-refractivity contribution is 6.30. The zero-order valence-electron chi connectivity index (χ0n) is 11.7. The Hall–Kier alpha value is -2.37. The molecule has 6 nitrogen and oxygen atoms in total. The van der Waals surface area contributed by atoms with Crippen molar-refractivity contribution < 1.29 is 19.1 Å². The van der Waals surface area contributed by atoms with E-state index >= 15 is 0 Å². The molecule has 0 atom stereocenters. The third-order valence-corrected chi connectivity index (χ3v) is 4.08. The van der Waals surface area contributed by atoms with Crippen LogP contribution in [0.15, 0.2) is 24.3 Å². The molecule has 0 bridgehead atoms. The number of benzene rings is 1. The smallest absolute Gasteiger partial charge is 0.335 e. The van der Waals surface area contributed by atoms with Gasteiger partial charge in [0.05, 0.1) is 12.3 Å². The Bertz CT molecular complexity index is 605. The van der Waals surface area contributed by atoms with Crippen molar-refractivity contribution in [2.75, 3.05) is 11.5 Å². The molecule has 2 aliphatic rings. The van der Waals surface area contributed by atoms with Crippen molar-refractivity contribution in [1.82, 2.24) is 5.32 Å². The number of barbiturate groups is 1. The van der Waals surface area contributed by atoms with Crippen molar-refractivity contribution >= 4 is 23.5 Å². The number of ether oxygens (including phenoxy) is 1. The average molecular weight is 288 g/mol. The predicted octanol–water partition coefficient (Wildman–Crippen LogP) is 1.84. The summed E-state index contributed by atoms with van der Waals surface area (Å²) in [5, 5.41) is 2.29. The Morgan fingerprint density at radius 3 is 2.38 bits per heavy atom. The maximum atomic E-state index is 12.6. The van der Waals surface area contributed by atoms with Gasteiger partial charge < -0.3 is 4.74 Å². The molecule has 1 aliphatic heterocycles. The molecule has 2 fully saturated rings. The molecule has 21 heavy (non-hydrogen) atoms. The van der Waals surface area contributed by atoms with Crippen LogP contribution < -0.4 is 15.0 Å². The molecule has 6 heteroatoms. The summed E-state index contributed by atoms with van der Waals surface area (Å²) in [4.78, 5) is 37.6. The zero-order valence-corrected chi connectivity index (χ0v) is 11.7. The van der Waals surface area contributed by atoms with Crippen molar-refractivity contribution in [3.63, 3.8) is 0 Å². The number of hydrogen-bond donors (Lipinski definition) is 1. The minimum Gasteiger partial charge on any atom is -0.494 e. The van der Waals surface area contributed by atoms with E-state index in [1.54, 1.807) is 24.3 Å². The van der Waals surface area contributed by atoms with Crippen LogP contribution in [0.5, 0.6) is 5.75 Å². The summed E-state index contributed by atoms with van der Waals surface area (Å²) in [6.07, 6.45) is 1.82. The molecule has 1 aromatic rings. The monoisotopic (exact) mass is 288 g/mol. The van der Waals surface area contributed by atoms with E-state index in [1.165, 1.54) is 0 Å². The van der Waals surface area contributed by atoms with Crippen LogP contribution in [-0.4, -0.2) is 24.5 Å². The number of rotatable bonds is 3. The molecule has 1 saturated heterocycles. The Labute approximate surface area is 122 Å². The number of anilines is 1. The molecule has 3 rings (SSSR count). The van der Waals surface area contributed by atoms with Gasteiger partial charge in [0.2, 0.25) is 5.91 Å². The van der Waals surface area contributed by atoms with Gasteiger partial charge in [-0.05, 0) is 44.0 Å². The van der Waals surface area contributed by atoms with Crippen LogP contribution in [-0.2, 0) is 9.59 Å². The highest BCUT2D eigenvalue weighted by Crippen LogP contribution is 2.45. The van der Waals surface area contributed by atoms with Crippen LogP contribution in [0.4, 0.5) is 10.5 Å². The second kappa shape index (κ2) is 4.87. The SMILES string of the molecule is CCOc1ccc(N2C(=O)NC(=O)C3(CCC3)C2=O)cc1. The van der Waals surface area contributed by atoms with Gasteiger partial charge in [0.15, 0.2) is 0 Å². The first-order valence-corrected chi connectivity index (χ1v) is 7.01. The van der Waals surface area contributed by atoms with Crippen LogP contribution >= 0.6 is 0 Å². The molecular formula is C15H16N2O4. The Morgan fingerprint density at radius 2 is 1.86 bits per heavy atom. The van der Waals surface area contributed by atoms with Crippen LogP contribution in [0.2, 0.25) is 0 Å². The minimum absolute atomic E-state index is 0.424. The van der Waals surface area contributed by atoms with E-state index in [-0.39, 0.29) is 0 Å². The third-order valence-electron chi connectivity index (χ3n) is 4.08. The molecular weight excluding hydrogens is 272 g/mol. The van der Waals surface area contributed by atoms with Crippen molar-refractivity contribution in [3.05, 3.63) is 24.3 Å². The van der Waals surface area contributed by atoms with Crippen molar-refractivity contribution in [1.29, 1.82) is 0 Å². The molecule has 1 N–H and O–H groups in total. The molecule has 1 spiro atoms. The lowest BCUT2D eigenvalue weighted by Crippen LogP contribution is -2.66. The second-order valence-corrected chi connectivity index (χ2v) is 5.26. The summed E-state index contributed by atoms with van der Waals surface area (Å²) >= 11 is 0. The molecule has 0 unspecified atom stereocenters. The number of nitrogens with one attached hydrogen (secondary N) is 1. The molecule has 0 radical (unpaired) electrons. The summed E-state index contributed by atoms with van der Waals surface area (Å²) in [7, 11) is 0. The number of carbonyl (C=O) groups is 3. The van der Waals surface area contributed by atoms with E-state index in [0.29, 0.717) is 30.9 Å². The fourth-order valence-corrected chi connectivity index (χ4v) is 2.74. The van der Waals surface area contributed by atoms with E-state index in [9.17, 15) is 14.4 Å². The third kappa shape index (κ3) is 1.98. The van der Waals surface area contributed by atoms with E-state index in [4.69, 9.17) is 4.74 Å². The Kier molecular flexibility index (Phi) is 3.16. The van der Waals surface area contributed by atoms with Crippen molar-refractivity contribution in [3.8, 4) is 5.75 Å². The van der Waals surface area contributed by atoms with Crippen LogP contribution in [0.25, 0.3) is 0 Å². The van der Waals surface area contributed by atoms with Crippen LogP contribution in [0.1, 0.15) is 26.2 Å². The van der Waals surface area contributed by atoms with Gasteiger partial charge in [0.25, 0.3) is 5.91 Å². The van der Waals surface area contributed by atoms with Gasteiger partial charge in [-0.1, -0.05) is 6.42 Å². The lowest BCUT2D eigenvalue weighted by atomic mass is 9.66. The fraction of sp³-hybridized carbons (Fsp3) is 0.400. The van der Waals surface area contributed by atoms with Gasteiger partial charge in [-0.15, -0.1) is 0 Å². The summed E-state index contributed by atoms with van der Waals surface area (Å²) in [5.41, 5.74) is -0.605. The first-order chi connectivity index (χ1) is 10.1. The van der Waals surface area contributed by atoms with Gasteiger partial charge in [-0.3, -0.25) is 14.9 Å². The van der Waals surface area contributed by atoms with Crippen LogP contribution in [0.3, 0.4) is 0 Å². The number of hydrogen-bond acceptors (Lipinski definition) is 4. The van der Waals surface area contributed by atoms with Gasteiger partial charge in [-0.2, -0.15) is 0 Å². The summed E-state index contributed by atoms with van der Waals surface area (Å²) in [5.74, 6) is -0.224. The maximum Gasteiger partial charge on any atom is 0.335 e. The number of urea groups is 1. The average Bonchev–Trinajstić information content (AvgIpc) is 2.39. The van der Waals surface area contributed by atoms with Gasteiger partial charge >= 0.3 is 6.03 Å². The number of carbonyl (C=O) groups excluding carboxylic acids is 3. The number of nitrogens with zero attached hydrogens (tertiary/aromatic N) is 1. The first kappa shape index (κ1) is 13.6. The van der Waals surface area contributed by atoms with Crippen molar-refractivity contribution in [2.45, 2.75) is 26.2 Å². The Balaban J connectivity index is 1.91. The number of amides is 4. The quantitative estimate of drug-likeness (QED) is 0.861. The highest BCUT2D eigenvalue weighted by atomic mass is 16.5. The molecule has 0 aromatic heterocycles. The van der Waals surface area contributed by atoms with Gasteiger partial charge in [0.1, 0.15) is 11.2 Å². The zero-order chi connectivity index (χ0) is 15.0. The topological polar surface area (TPSA) is 75.7 Å². The minimum atomic E-state index is -1.05. The normalized spacial score (nSPS) is 20.2. The molecule has 1 saturated carbocycles. The van der Waals surface area contributed by atoms with E-state index in [0.717, 1.165) is 11.3 Å². The lowest BCUT2D eigenvalue weighted by molar-refractivity contribution is -0.148. The van der Waals surface area contributed by atoms with Gasteiger partial charge in [-0.25, -0.2) is 9.69 Å². The molecule has 1 heterocycles. The highest BCUT2D eigenvalue weighted by Gasteiger charge is 2.57. The summed E-state index contributed by atoms with van der Waals surface area (Å²) < 4.78 is 5.33. The summed E-state index contributed by atoms with van der Waals surface area (Å²) in [6.45, 7) is 2.42. The molecule has 1 aliphatic carbocycles. The molecule has 1 aromatic carbocycles. The largest absolute Gasteiger partial charge is 0.494 e. The summed E-state index contributed by atoms with van der Waals surface area (Å²) in [6, 6.07) is 5.99.